The Morgan fingerprint density at radius 2 is 1.65 bits per heavy atom. The predicted octanol–water partition coefficient (Wildman–Crippen LogP) is 4.78. The molecule has 0 spiro atoms. The maximum Gasteiger partial charge on any atom is 0.494 e. The molecular formula is C23H33BBrN3O3. The number of amides is 2. The lowest BCUT2D eigenvalue weighted by Gasteiger charge is -2.32. The highest BCUT2D eigenvalue weighted by molar-refractivity contribution is 9.10. The zero-order chi connectivity index (χ0) is 23.4. The van der Waals surface area contributed by atoms with Gasteiger partial charge in [-0.2, -0.15) is 0 Å². The van der Waals surface area contributed by atoms with Crippen LogP contribution in [0, 0.1) is 13.8 Å². The van der Waals surface area contributed by atoms with E-state index in [0.717, 1.165) is 32.4 Å². The minimum Gasteiger partial charge on any atom is -0.399 e. The van der Waals surface area contributed by atoms with Crippen molar-refractivity contribution in [1.29, 1.82) is 0 Å². The minimum atomic E-state index is -0.387. The van der Waals surface area contributed by atoms with Gasteiger partial charge in [0.15, 0.2) is 0 Å². The molecule has 0 radical (unpaired) electrons. The van der Waals surface area contributed by atoms with Crippen LogP contribution >= 0.6 is 15.9 Å². The summed E-state index contributed by atoms with van der Waals surface area (Å²) in [6, 6.07) is 11.4. The lowest BCUT2D eigenvalue weighted by molar-refractivity contribution is 0.00578. The van der Waals surface area contributed by atoms with Gasteiger partial charge in [0.1, 0.15) is 0 Å². The number of benzene rings is 2. The van der Waals surface area contributed by atoms with Gasteiger partial charge in [0, 0.05) is 22.4 Å². The van der Waals surface area contributed by atoms with Gasteiger partial charge >= 0.3 is 13.1 Å². The summed E-state index contributed by atoms with van der Waals surface area (Å²) in [6.07, 6.45) is 0. The summed E-state index contributed by atoms with van der Waals surface area (Å²) in [4.78, 5) is 11.6. The molecule has 168 valence electrons. The average Bonchev–Trinajstić information content (AvgIpc) is 2.88. The van der Waals surface area contributed by atoms with Crippen LogP contribution in [0.2, 0.25) is 0 Å². The van der Waals surface area contributed by atoms with Crippen LogP contribution in [0.4, 0.5) is 16.2 Å². The first kappa shape index (κ1) is 25.2. The Hall–Kier alpha value is -2.03. The molecule has 1 aliphatic heterocycles. The number of nitrogen functional groups attached to an aromatic ring is 1. The van der Waals surface area contributed by atoms with E-state index < -0.39 is 0 Å². The largest absolute Gasteiger partial charge is 0.494 e. The number of aryl methyl sites for hydroxylation is 2. The third kappa shape index (κ3) is 6.48. The first-order valence-electron chi connectivity index (χ1n) is 10.4. The number of halogens is 1. The molecule has 1 saturated heterocycles. The molecule has 2 aromatic carbocycles. The molecule has 6 nitrogen and oxygen atoms in total. The van der Waals surface area contributed by atoms with Crippen molar-refractivity contribution >= 4 is 45.9 Å². The maximum atomic E-state index is 11.6. The summed E-state index contributed by atoms with van der Waals surface area (Å²) in [6.45, 7) is 14.5. The molecule has 2 aromatic rings. The van der Waals surface area contributed by atoms with E-state index in [1.165, 1.54) is 0 Å². The van der Waals surface area contributed by atoms with E-state index in [2.05, 4.69) is 26.6 Å². The van der Waals surface area contributed by atoms with Gasteiger partial charge in [-0.15, -0.1) is 0 Å². The maximum absolute atomic E-state index is 11.6. The Balaban J connectivity index is 0.000000316. The first-order chi connectivity index (χ1) is 14.4. The van der Waals surface area contributed by atoms with Crippen molar-refractivity contribution in [1.82, 2.24) is 5.32 Å². The number of urea groups is 1. The fourth-order valence-corrected chi connectivity index (χ4v) is 3.39. The molecular weight excluding hydrogens is 457 g/mol. The van der Waals surface area contributed by atoms with Crippen LogP contribution in [0.5, 0.6) is 0 Å². The van der Waals surface area contributed by atoms with Gasteiger partial charge in [-0.3, -0.25) is 0 Å². The van der Waals surface area contributed by atoms with E-state index in [9.17, 15) is 4.79 Å². The zero-order valence-corrected chi connectivity index (χ0v) is 21.0. The number of hydrogen-bond donors (Lipinski definition) is 3. The lowest BCUT2D eigenvalue weighted by atomic mass is 9.78. The second-order valence-corrected chi connectivity index (χ2v) is 9.56. The molecule has 4 N–H and O–H groups in total. The summed E-state index contributed by atoms with van der Waals surface area (Å²) in [5.74, 6) is 0. The van der Waals surface area contributed by atoms with Crippen molar-refractivity contribution in [3.8, 4) is 0 Å². The number of carbonyl (C=O) groups is 1. The van der Waals surface area contributed by atoms with Crippen LogP contribution in [-0.4, -0.2) is 30.9 Å². The molecule has 8 heteroatoms. The third-order valence-electron chi connectivity index (χ3n) is 5.59. The summed E-state index contributed by atoms with van der Waals surface area (Å²) in [5, 5.41) is 5.54. The normalized spacial score (nSPS) is 16.3. The number of carbonyl (C=O) groups excluding carboxylic acids is 1. The van der Waals surface area contributed by atoms with E-state index >= 15 is 0 Å². The molecule has 31 heavy (non-hydrogen) atoms. The molecule has 0 unspecified atom stereocenters. The monoisotopic (exact) mass is 489 g/mol. The number of rotatable bonds is 3. The van der Waals surface area contributed by atoms with Crippen LogP contribution in [0.1, 0.15) is 45.7 Å². The van der Waals surface area contributed by atoms with Crippen LogP contribution < -0.4 is 21.8 Å². The quantitative estimate of drug-likeness (QED) is 0.428. The molecule has 1 fully saturated rings. The molecule has 3 rings (SSSR count). The number of anilines is 2. The van der Waals surface area contributed by atoms with Crippen molar-refractivity contribution in [3.05, 3.63) is 52.0 Å². The summed E-state index contributed by atoms with van der Waals surface area (Å²) in [5.41, 5.74) is 9.52. The van der Waals surface area contributed by atoms with Crippen molar-refractivity contribution in [3.63, 3.8) is 0 Å². The smallest absolute Gasteiger partial charge is 0.399 e. The Kier molecular flexibility index (Phi) is 8.19. The van der Waals surface area contributed by atoms with Crippen LogP contribution in [0.15, 0.2) is 40.9 Å². The predicted molar refractivity (Wildman–Crippen MR) is 133 cm³/mol. The minimum absolute atomic E-state index is 0.200. The Labute approximate surface area is 194 Å². The number of hydrogen-bond acceptors (Lipinski definition) is 4. The second kappa shape index (κ2) is 10.1. The molecule has 1 heterocycles. The molecule has 0 saturated carbocycles. The van der Waals surface area contributed by atoms with E-state index in [4.69, 9.17) is 15.0 Å². The highest BCUT2D eigenvalue weighted by Crippen LogP contribution is 2.36. The summed E-state index contributed by atoms with van der Waals surface area (Å²) in [7, 11) is -0.387. The van der Waals surface area contributed by atoms with Crippen molar-refractivity contribution in [2.24, 2.45) is 0 Å². The number of nitrogens with one attached hydrogen (secondary N) is 2. The van der Waals surface area contributed by atoms with E-state index in [-0.39, 0.29) is 24.4 Å². The van der Waals surface area contributed by atoms with E-state index in [0.29, 0.717) is 6.54 Å². The molecule has 0 aliphatic carbocycles. The van der Waals surface area contributed by atoms with Crippen molar-refractivity contribution in [2.75, 3.05) is 17.6 Å². The Morgan fingerprint density at radius 1 is 1.03 bits per heavy atom. The topological polar surface area (TPSA) is 85.6 Å². The standard InChI is InChI=1S/C16H25BN2O3.C7H8BrN/c1-7-18-14(20)19-13-9-8-12(10-11(13)2)17-21-15(3,4)16(5,6)22-17;1-5-4-6(8)2-3-7(5)9/h8-10H,7H2,1-6H3,(H2,18,19,20);2-4H,9H2,1H3. The van der Waals surface area contributed by atoms with E-state index in [1.807, 2.05) is 84.9 Å². The fourth-order valence-electron chi connectivity index (χ4n) is 2.92. The number of nitrogens with two attached hydrogens (primary N) is 1. The molecule has 0 aromatic heterocycles. The fraction of sp³-hybridized carbons (Fsp3) is 0.435. The van der Waals surface area contributed by atoms with Crippen LogP contribution in [0.3, 0.4) is 0 Å². The van der Waals surface area contributed by atoms with Gasteiger partial charge in [0.05, 0.1) is 11.2 Å². The van der Waals surface area contributed by atoms with E-state index in [1.54, 1.807) is 0 Å². The van der Waals surface area contributed by atoms with Crippen molar-refractivity contribution in [2.45, 2.75) is 59.7 Å². The molecule has 0 atom stereocenters. The molecule has 0 bridgehead atoms. The van der Waals surface area contributed by atoms with Crippen LogP contribution in [-0.2, 0) is 9.31 Å². The highest BCUT2D eigenvalue weighted by Gasteiger charge is 2.51. The van der Waals surface area contributed by atoms with Crippen molar-refractivity contribution < 1.29 is 14.1 Å². The Morgan fingerprint density at radius 3 is 2.13 bits per heavy atom. The summed E-state index contributed by atoms with van der Waals surface area (Å²) >= 11 is 3.34. The van der Waals surface area contributed by atoms with Gasteiger partial charge in [-0.25, -0.2) is 4.79 Å². The van der Waals surface area contributed by atoms with Gasteiger partial charge in [-0.05, 0) is 89.3 Å². The summed E-state index contributed by atoms with van der Waals surface area (Å²) < 4.78 is 13.2. The van der Waals surface area contributed by atoms with Gasteiger partial charge < -0.3 is 25.7 Å². The van der Waals surface area contributed by atoms with Gasteiger partial charge in [0.25, 0.3) is 0 Å². The van der Waals surface area contributed by atoms with Gasteiger partial charge in [0.2, 0.25) is 0 Å². The Bertz CT molecular complexity index is 918. The second-order valence-electron chi connectivity index (χ2n) is 8.65. The van der Waals surface area contributed by atoms with Crippen LogP contribution in [0.25, 0.3) is 0 Å². The molecule has 2 amide bonds. The zero-order valence-electron chi connectivity index (χ0n) is 19.4. The SMILES string of the molecule is CCNC(=O)Nc1ccc(B2OC(C)(C)C(C)(C)O2)cc1C.Cc1cc(Br)ccc1N. The van der Waals surface area contributed by atoms with Gasteiger partial charge in [-0.1, -0.05) is 28.1 Å². The third-order valence-corrected chi connectivity index (χ3v) is 6.09. The first-order valence-corrected chi connectivity index (χ1v) is 11.2. The lowest BCUT2D eigenvalue weighted by Crippen LogP contribution is -2.41. The average molecular weight is 490 g/mol. The highest BCUT2D eigenvalue weighted by atomic mass is 79.9. The molecule has 1 aliphatic rings.